The van der Waals surface area contributed by atoms with Crippen molar-refractivity contribution in [2.24, 2.45) is 0 Å². The molecule has 0 unspecified atom stereocenters. The van der Waals surface area contributed by atoms with Crippen molar-refractivity contribution in [3.8, 4) is 0 Å². The largest absolute Gasteiger partial charge is 0.456 e. The number of urea groups is 1. The lowest BCUT2D eigenvalue weighted by molar-refractivity contribution is 0.00704. The van der Waals surface area contributed by atoms with Crippen molar-refractivity contribution < 1.29 is 14.3 Å². The first-order valence-electron chi connectivity index (χ1n) is 9.44. The molecule has 2 aromatic heterocycles. The van der Waals surface area contributed by atoms with E-state index in [1.54, 1.807) is 11.3 Å². The first-order chi connectivity index (χ1) is 13.6. The van der Waals surface area contributed by atoms with Crippen molar-refractivity contribution in [3.63, 3.8) is 0 Å². The summed E-state index contributed by atoms with van der Waals surface area (Å²) in [6.45, 7) is 11.5. The lowest BCUT2D eigenvalue weighted by Crippen LogP contribution is -2.30. The number of thiophene rings is 2. The van der Waals surface area contributed by atoms with Gasteiger partial charge in [0.1, 0.15) is 10.6 Å². The molecule has 0 atom stereocenters. The topological polar surface area (TPSA) is 79.5 Å². The number of ether oxygens (including phenoxy) is 1. The zero-order chi connectivity index (χ0) is 21.3. The molecule has 3 rings (SSSR count). The normalized spacial score (nSPS) is 13.7. The van der Waals surface area contributed by atoms with Gasteiger partial charge in [-0.3, -0.25) is 5.32 Å². The number of anilines is 1. The molecule has 2 aromatic rings. The predicted molar refractivity (Wildman–Crippen MR) is 122 cm³/mol. The lowest BCUT2D eigenvalue weighted by Gasteiger charge is -2.20. The predicted octanol–water partition coefficient (Wildman–Crippen LogP) is 5.11. The monoisotopic (exact) mass is 499 g/mol. The van der Waals surface area contributed by atoms with E-state index in [0.717, 1.165) is 39.3 Å². The fraction of sp³-hybridized carbons (Fsp3) is 0.500. The fourth-order valence-electron chi connectivity index (χ4n) is 3.15. The number of rotatable bonds is 4. The van der Waals surface area contributed by atoms with Gasteiger partial charge >= 0.3 is 12.0 Å². The van der Waals surface area contributed by atoms with Crippen molar-refractivity contribution in [3.05, 3.63) is 35.8 Å². The molecule has 0 saturated carbocycles. The van der Waals surface area contributed by atoms with Crippen molar-refractivity contribution in [1.82, 2.24) is 10.6 Å². The summed E-state index contributed by atoms with van der Waals surface area (Å²) < 4.78 is 6.58. The van der Waals surface area contributed by atoms with Crippen molar-refractivity contribution >= 4 is 55.6 Å². The van der Waals surface area contributed by atoms with E-state index in [0.29, 0.717) is 17.1 Å². The molecule has 0 spiro atoms. The quantitative estimate of drug-likeness (QED) is 0.510. The Hall–Kier alpha value is -1.42. The van der Waals surface area contributed by atoms with Crippen LogP contribution < -0.4 is 16.0 Å². The van der Waals surface area contributed by atoms with Gasteiger partial charge in [-0.2, -0.15) is 0 Å². The molecule has 0 radical (unpaired) electrons. The number of esters is 1. The Balaban J connectivity index is 1.71. The summed E-state index contributed by atoms with van der Waals surface area (Å²) in [6, 6.07) is -0.336. The van der Waals surface area contributed by atoms with Crippen LogP contribution in [0.5, 0.6) is 0 Å². The molecule has 6 nitrogen and oxygen atoms in total. The first-order valence-corrected chi connectivity index (χ1v) is 11.9. The zero-order valence-electron chi connectivity index (χ0n) is 17.2. The Morgan fingerprint density at radius 2 is 1.97 bits per heavy atom. The van der Waals surface area contributed by atoms with E-state index in [4.69, 9.17) is 4.74 Å². The highest BCUT2D eigenvalue weighted by Crippen LogP contribution is 2.36. The summed E-state index contributed by atoms with van der Waals surface area (Å²) >= 11 is 6.72. The van der Waals surface area contributed by atoms with Crippen LogP contribution in [-0.4, -0.2) is 24.1 Å². The SMILES string of the molecule is Cc1sc(NC(=O)NCc2c(Br)sc3c2CCNC3)c(C(=O)OC(C)(C)C)c1C. The second-order valence-corrected chi connectivity index (χ2v) is 11.6. The van der Waals surface area contributed by atoms with Gasteiger partial charge in [0.25, 0.3) is 0 Å². The average Bonchev–Trinajstić information content (AvgIpc) is 3.07. The Bertz CT molecular complexity index is 944. The molecule has 0 fully saturated rings. The van der Waals surface area contributed by atoms with Gasteiger partial charge in [0.2, 0.25) is 0 Å². The Labute approximate surface area is 187 Å². The molecule has 3 N–H and O–H groups in total. The van der Waals surface area contributed by atoms with E-state index in [1.165, 1.54) is 21.8 Å². The van der Waals surface area contributed by atoms with E-state index in [-0.39, 0.29) is 6.03 Å². The van der Waals surface area contributed by atoms with Gasteiger partial charge in [-0.1, -0.05) is 0 Å². The molecule has 1 aliphatic rings. The van der Waals surface area contributed by atoms with Gasteiger partial charge < -0.3 is 15.4 Å². The zero-order valence-corrected chi connectivity index (χ0v) is 20.5. The van der Waals surface area contributed by atoms with Crippen molar-refractivity contribution in [1.29, 1.82) is 0 Å². The number of amides is 2. The van der Waals surface area contributed by atoms with E-state index in [1.807, 2.05) is 34.6 Å². The minimum Gasteiger partial charge on any atom is -0.456 e. The van der Waals surface area contributed by atoms with E-state index < -0.39 is 11.6 Å². The van der Waals surface area contributed by atoms with Gasteiger partial charge in [0, 0.05) is 22.8 Å². The molecule has 3 heterocycles. The third-order valence-corrected chi connectivity index (χ3v) is 7.78. The van der Waals surface area contributed by atoms with E-state index in [9.17, 15) is 9.59 Å². The van der Waals surface area contributed by atoms with E-state index in [2.05, 4.69) is 31.9 Å². The van der Waals surface area contributed by atoms with Crippen molar-refractivity contribution in [2.45, 2.75) is 59.7 Å². The fourth-order valence-corrected chi connectivity index (χ4v) is 6.22. The van der Waals surface area contributed by atoms with Crippen LogP contribution in [0, 0.1) is 13.8 Å². The van der Waals surface area contributed by atoms with Crippen LogP contribution >= 0.6 is 38.6 Å². The van der Waals surface area contributed by atoms with Crippen LogP contribution in [0.2, 0.25) is 0 Å². The van der Waals surface area contributed by atoms with Gasteiger partial charge in [-0.05, 0) is 80.2 Å². The molecule has 0 aromatic carbocycles. The molecular weight excluding hydrogens is 474 g/mol. The molecule has 158 valence electrons. The summed E-state index contributed by atoms with van der Waals surface area (Å²) in [5, 5.41) is 9.66. The van der Waals surface area contributed by atoms with Gasteiger partial charge in [-0.25, -0.2) is 9.59 Å². The summed E-state index contributed by atoms with van der Waals surface area (Å²) in [7, 11) is 0. The summed E-state index contributed by atoms with van der Waals surface area (Å²) in [5.74, 6) is -0.420. The molecule has 9 heteroatoms. The van der Waals surface area contributed by atoms with Gasteiger partial charge in [-0.15, -0.1) is 22.7 Å². The first kappa shape index (κ1) is 22.3. The number of hydrogen-bond donors (Lipinski definition) is 3. The number of nitrogens with one attached hydrogen (secondary N) is 3. The number of fused-ring (bicyclic) bond motifs is 1. The Morgan fingerprint density at radius 1 is 1.24 bits per heavy atom. The smallest absolute Gasteiger partial charge is 0.341 e. The van der Waals surface area contributed by atoms with Crippen LogP contribution in [0.15, 0.2) is 3.79 Å². The van der Waals surface area contributed by atoms with Crippen LogP contribution in [0.1, 0.15) is 57.6 Å². The van der Waals surface area contributed by atoms with Crippen LogP contribution in [0.3, 0.4) is 0 Å². The van der Waals surface area contributed by atoms with Crippen LogP contribution in [-0.2, 0) is 24.2 Å². The molecule has 2 amide bonds. The molecular formula is C20H26BrN3O3S2. The highest BCUT2D eigenvalue weighted by molar-refractivity contribution is 9.11. The highest BCUT2D eigenvalue weighted by Gasteiger charge is 2.26. The summed E-state index contributed by atoms with van der Waals surface area (Å²) in [6.07, 6.45) is 0.960. The van der Waals surface area contributed by atoms with Crippen LogP contribution in [0.25, 0.3) is 0 Å². The maximum absolute atomic E-state index is 12.6. The molecule has 0 saturated heterocycles. The number of carbonyl (C=O) groups excluding carboxylic acids is 2. The third-order valence-electron chi connectivity index (χ3n) is 4.63. The average molecular weight is 500 g/mol. The summed E-state index contributed by atoms with van der Waals surface area (Å²) in [5.41, 5.74) is 3.11. The minimum atomic E-state index is -0.599. The Kier molecular flexibility index (Phi) is 6.72. The Morgan fingerprint density at radius 3 is 2.66 bits per heavy atom. The molecule has 0 bridgehead atoms. The minimum absolute atomic E-state index is 0.336. The lowest BCUT2D eigenvalue weighted by atomic mass is 10.0. The van der Waals surface area contributed by atoms with Gasteiger partial charge in [0.05, 0.1) is 9.35 Å². The maximum atomic E-state index is 12.6. The second kappa shape index (κ2) is 8.75. The van der Waals surface area contributed by atoms with Gasteiger partial charge in [0.15, 0.2) is 0 Å². The standard InChI is InChI=1S/C20H26BrN3O3S2/c1-10-11(2)28-17(15(10)18(25)27-20(3,4)5)24-19(26)23-8-13-12-6-7-22-9-14(12)29-16(13)21/h22H,6-9H2,1-5H3,(H2,23,24,26). The number of carbonyl (C=O) groups is 2. The number of hydrogen-bond acceptors (Lipinski definition) is 6. The maximum Gasteiger partial charge on any atom is 0.341 e. The highest BCUT2D eigenvalue weighted by atomic mass is 79.9. The summed E-state index contributed by atoms with van der Waals surface area (Å²) in [4.78, 5) is 27.5. The molecule has 29 heavy (non-hydrogen) atoms. The third kappa shape index (κ3) is 5.20. The van der Waals surface area contributed by atoms with Crippen LogP contribution in [0.4, 0.5) is 9.80 Å². The van der Waals surface area contributed by atoms with Crippen molar-refractivity contribution in [2.75, 3.05) is 11.9 Å². The number of aryl methyl sites for hydroxylation is 1. The van der Waals surface area contributed by atoms with E-state index >= 15 is 0 Å². The molecule has 1 aliphatic heterocycles. The number of halogens is 1. The second-order valence-electron chi connectivity index (χ2n) is 7.98. The molecule has 0 aliphatic carbocycles.